The van der Waals surface area contributed by atoms with E-state index in [-0.39, 0.29) is 0 Å². The van der Waals surface area contributed by atoms with Gasteiger partial charge in [-0.2, -0.15) is 0 Å². The highest BCUT2D eigenvalue weighted by Crippen LogP contribution is 2.40. The second-order valence-electron chi connectivity index (χ2n) is 6.60. The number of imidazole rings is 1. The molecule has 1 aliphatic carbocycles. The van der Waals surface area contributed by atoms with Crippen molar-refractivity contribution in [2.24, 2.45) is 0 Å². The maximum atomic E-state index is 5.92. The Morgan fingerprint density at radius 2 is 2.00 bits per heavy atom. The third kappa shape index (κ3) is 2.53. The molecule has 0 aliphatic heterocycles. The summed E-state index contributed by atoms with van der Waals surface area (Å²) < 4.78 is 13.6. The Morgan fingerprint density at radius 1 is 1.11 bits per heavy atom. The fraction of sp³-hybridized carbons (Fsp3) is 0.227. The molecule has 0 saturated carbocycles. The first-order valence-corrected chi connectivity index (χ1v) is 10.1. The summed E-state index contributed by atoms with van der Waals surface area (Å²) in [5, 5.41) is 2.17. The van der Waals surface area contributed by atoms with Crippen molar-refractivity contribution in [2.45, 2.75) is 19.8 Å². The van der Waals surface area contributed by atoms with Gasteiger partial charge in [0.15, 0.2) is 4.96 Å². The first kappa shape index (κ1) is 16.4. The molecule has 5 heteroatoms. The molecule has 5 rings (SSSR count). The zero-order valence-corrected chi connectivity index (χ0v) is 16.2. The number of nitrogens with zero attached hydrogens (tertiary/aromatic N) is 2. The van der Waals surface area contributed by atoms with Crippen LogP contribution in [-0.2, 0) is 12.8 Å². The molecule has 0 fully saturated rings. The van der Waals surface area contributed by atoms with Crippen molar-refractivity contribution in [1.29, 1.82) is 0 Å². The predicted octanol–water partition coefficient (Wildman–Crippen LogP) is 5.24. The highest BCUT2D eigenvalue weighted by Gasteiger charge is 2.24. The van der Waals surface area contributed by atoms with Crippen LogP contribution in [0.25, 0.3) is 27.5 Å². The van der Waals surface area contributed by atoms with E-state index in [0.29, 0.717) is 6.61 Å². The minimum absolute atomic E-state index is 0.614. The Balaban J connectivity index is 1.72. The lowest BCUT2D eigenvalue weighted by Gasteiger charge is -2.17. The van der Waals surface area contributed by atoms with Gasteiger partial charge in [0.05, 0.1) is 30.8 Å². The fourth-order valence-electron chi connectivity index (χ4n) is 3.89. The highest BCUT2D eigenvalue weighted by molar-refractivity contribution is 7.15. The molecule has 27 heavy (non-hydrogen) atoms. The van der Waals surface area contributed by atoms with E-state index in [9.17, 15) is 0 Å². The molecule has 2 heterocycles. The number of rotatable bonds is 4. The molecule has 0 atom stereocenters. The highest BCUT2D eigenvalue weighted by atomic mass is 32.1. The normalized spacial score (nSPS) is 12.7. The van der Waals surface area contributed by atoms with Crippen LogP contribution in [0.5, 0.6) is 11.5 Å². The van der Waals surface area contributed by atoms with Crippen LogP contribution in [0.1, 0.15) is 18.2 Å². The number of hydrogen-bond acceptors (Lipinski definition) is 4. The largest absolute Gasteiger partial charge is 0.497 e. The first-order chi connectivity index (χ1) is 13.3. The van der Waals surface area contributed by atoms with E-state index < -0.39 is 0 Å². The number of aromatic nitrogens is 2. The van der Waals surface area contributed by atoms with Gasteiger partial charge in [-0.1, -0.05) is 24.3 Å². The number of methoxy groups -OCH3 is 1. The summed E-state index contributed by atoms with van der Waals surface area (Å²) in [6, 6.07) is 14.6. The quantitative estimate of drug-likeness (QED) is 0.489. The van der Waals surface area contributed by atoms with Crippen molar-refractivity contribution < 1.29 is 9.47 Å². The lowest BCUT2D eigenvalue weighted by atomic mass is 9.92. The average molecular weight is 376 g/mol. The van der Waals surface area contributed by atoms with E-state index >= 15 is 0 Å². The van der Waals surface area contributed by atoms with Crippen LogP contribution < -0.4 is 9.47 Å². The first-order valence-electron chi connectivity index (χ1n) is 9.18. The maximum absolute atomic E-state index is 5.92. The third-order valence-corrected chi connectivity index (χ3v) is 5.95. The number of benzene rings is 2. The van der Waals surface area contributed by atoms with Crippen LogP contribution in [-0.4, -0.2) is 23.1 Å². The molecular formula is C22H20N2O2S. The van der Waals surface area contributed by atoms with Gasteiger partial charge in [0, 0.05) is 22.6 Å². The van der Waals surface area contributed by atoms with Crippen LogP contribution in [0.3, 0.4) is 0 Å². The minimum atomic E-state index is 0.614. The molecule has 0 N–H and O–H groups in total. The number of thiazole rings is 1. The molecule has 0 unspecified atom stereocenters. The Hall–Kier alpha value is -2.79. The Kier molecular flexibility index (Phi) is 3.90. The van der Waals surface area contributed by atoms with Gasteiger partial charge < -0.3 is 9.47 Å². The molecule has 0 radical (unpaired) electrons. The Morgan fingerprint density at radius 3 is 2.85 bits per heavy atom. The molecule has 2 aromatic heterocycles. The van der Waals surface area contributed by atoms with E-state index in [1.54, 1.807) is 18.4 Å². The summed E-state index contributed by atoms with van der Waals surface area (Å²) in [7, 11) is 1.68. The van der Waals surface area contributed by atoms with Crippen LogP contribution in [0, 0.1) is 0 Å². The summed E-state index contributed by atoms with van der Waals surface area (Å²) in [6.45, 7) is 2.62. The SMILES string of the molecule is CCOc1cc(OC)ccc1-c1csc2nc3c(n12)CCc1ccccc1-3. The summed E-state index contributed by atoms with van der Waals surface area (Å²) in [4.78, 5) is 6.00. The molecule has 0 saturated heterocycles. The van der Waals surface area contributed by atoms with Crippen molar-refractivity contribution in [3.63, 3.8) is 0 Å². The zero-order valence-electron chi connectivity index (χ0n) is 15.4. The van der Waals surface area contributed by atoms with Gasteiger partial charge >= 0.3 is 0 Å². The zero-order chi connectivity index (χ0) is 18.4. The van der Waals surface area contributed by atoms with Crippen molar-refractivity contribution in [1.82, 2.24) is 9.38 Å². The predicted molar refractivity (Wildman–Crippen MR) is 109 cm³/mol. The van der Waals surface area contributed by atoms with Crippen LogP contribution in [0.2, 0.25) is 0 Å². The smallest absolute Gasteiger partial charge is 0.194 e. The summed E-state index contributed by atoms with van der Waals surface area (Å²) in [6.07, 6.45) is 2.05. The second kappa shape index (κ2) is 6.43. The van der Waals surface area contributed by atoms with Gasteiger partial charge in [0.1, 0.15) is 11.5 Å². The molecule has 4 nitrogen and oxygen atoms in total. The van der Waals surface area contributed by atoms with Crippen molar-refractivity contribution in [2.75, 3.05) is 13.7 Å². The number of ether oxygens (including phenoxy) is 2. The van der Waals surface area contributed by atoms with Crippen molar-refractivity contribution >= 4 is 16.3 Å². The molecular weight excluding hydrogens is 356 g/mol. The summed E-state index contributed by atoms with van der Waals surface area (Å²) >= 11 is 1.68. The molecule has 0 bridgehead atoms. The minimum Gasteiger partial charge on any atom is -0.497 e. The molecule has 0 amide bonds. The lowest BCUT2D eigenvalue weighted by Crippen LogP contribution is -2.06. The van der Waals surface area contributed by atoms with Crippen LogP contribution in [0.4, 0.5) is 0 Å². The average Bonchev–Trinajstić information content (AvgIpc) is 3.28. The molecule has 136 valence electrons. The monoisotopic (exact) mass is 376 g/mol. The molecule has 0 spiro atoms. The van der Waals surface area contributed by atoms with Gasteiger partial charge in [-0.05, 0) is 37.5 Å². The van der Waals surface area contributed by atoms with Gasteiger partial charge in [0.25, 0.3) is 0 Å². The third-order valence-electron chi connectivity index (χ3n) is 5.13. The van der Waals surface area contributed by atoms with Gasteiger partial charge in [-0.25, -0.2) is 4.98 Å². The van der Waals surface area contributed by atoms with Crippen LogP contribution >= 0.6 is 11.3 Å². The summed E-state index contributed by atoms with van der Waals surface area (Å²) in [5.74, 6) is 1.64. The van der Waals surface area contributed by atoms with E-state index in [2.05, 4.69) is 40.1 Å². The van der Waals surface area contributed by atoms with E-state index in [1.807, 2.05) is 19.1 Å². The molecule has 1 aliphatic rings. The topological polar surface area (TPSA) is 35.8 Å². The maximum Gasteiger partial charge on any atom is 0.194 e. The van der Waals surface area contributed by atoms with Crippen LogP contribution in [0.15, 0.2) is 47.8 Å². The van der Waals surface area contributed by atoms with E-state index in [4.69, 9.17) is 14.5 Å². The van der Waals surface area contributed by atoms with Crippen molar-refractivity contribution in [3.05, 3.63) is 59.1 Å². The van der Waals surface area contributed by atoms with Gasteiger partial charge in [-0.3, -0.25) is 4.40 Å². The second-order valence-corrected chi connectivity index (χ2v) is 7.43. The Bertz CT molecular complexity index is 1140. The van der Waals surface area contributed by atoms with E-state index in [1.165, 1.54) is 16.8 Å². The molecule has 2 aromatic carbocycles. The summed E-state index contributed by atoms with van der Waals surface area (Å²) in [5.41, 5.74) is 7.27. The standard InChI is InChI=1S/C22H20N2O2S/c1-3-26-20-12-15(25-2)9-10-17(20)19-13-27-22-23-21-16-7-5-4-6-14(16)8-11-18(21)24(19)22/h4-7,9-10,12-13H,3,8,11H2,1-2H3. The van der Waals surface area contributed by atoms with Crippen molar-refractivity contribution in [3.8, 4) is 34.0 Å². The Labute approximate surface area is 162 Å². The van der Waals surface area contributed by atoms with E-state index in [0.717, 1.165) is 46.3 Å². The number of aryl methyl sites for hydroxylation is 2. The van der Waals surface area contributed by atoms with Gasteiger partial charge in [-0.15, -0.1) is 11.3 Å². The lowest BCUT2D eigenvalue weighted by molar-refractivity contribution is 0.337. The number of fused-ring (bicyclic) bond motifs is 5. The number of hydrogen-bond donors (Lipinski definition) is 0. The fourth-order valence-corrected chi connectivity index (χ4v) is 4.80. The molecule has 4 aromatic rings. The van der Waals surface area contributed by atoms with Gasteiger partial charge in [0.2, 0.25) is 0 Å².